The van der Waals surface area contributed by atoms with Gasteiger partial charge < -0.3 is 13.8 Å². The molecule has 0 aromatic carbocycles. The van der Waals surface area contributed by atoms with Gasteiger partial charge in [0.2, 0.25) is 5.89 Å². The summed E-state index contributed by atoms with van der Waals surface area (Å²) in [5.74, 6) is 1.31. The normalized spacial score (nSPS) is 17.8. The van der Waals surface area contributed by atoms with E-state index in [9.17, 15) is 4.79 Å². The lowest BCUT2D eigenvalue weighted by atomic mass is 10.2. The van der Waals surface area contributed by atoms with Crippen molar-refractivity contribution in [1.29, 1.82) is 0 Å². The predicted octanol–water partition coefficient (Wildman–Crippen LogP) is 3.06. The molecule has 0 radical (unpaired) electrons. The molecule has 0 N–H and O–H groups in total. The van der Waals surface area contributed by atoms with E-state index in [1.807, 2.05) is 26.0 Å². The Kier molecular flexibility index (Phi) is 3.55. The first kappa shape index (κ1) is 14.9. The number of likely N-dealkylation sites (tertiary alicyclic amines) is 1. The smallest absolute Gasteiger partial charge is 0.290 e. The van der Waals surface area contributed by atoms with Crippen molar-refractivity contribution in [3.8, 4) is 0 Å². The van der Waals surface area contributed by atoms with E-state index in [-0.39, 0.29) is 11.9 Å². The average Bonchev–Trinajstić information content (AvgIpc) is 3.31. The SMILES string of the molecule is CCc1nc([C@@H]2CCCN2C(=O)c2cc3nc(C)ccc3o2)no1. The van der Waals surface area contributed by atoms with E-state index in [0.717, 1.165) is 18.5 Å². The van der Waals surface area contributed by atoms with E-state index >= 15 is 0 Å². The molecule has 4 rings (SSSR count). The third-order valence-electron chi connectivity index (χ3n) is 4.32. The Bertz CT molecular complexity index is 898. The zero-order valence-corrected chi connectivity index (χ0v) is 13.7. The van der Waals surface area contributed by atoms with Gasteiger partial charge in [0.15, 0.2) is 17.2 Å². The van der Waals surface area contributed by atoms with Crippen LogP contribution in [0.2, 0.25) is 0 Å². The second-order valence-electron chi connectivity index (χ2n) is 6.00. The summed E-state index contributed by atoms with van der Waals surface area (Å²) in [6.45, 7) is 4.52. The molecule has 1 saturated heterocycles. The molecule has 1 aliphatic heterocycles. The lowest BCUT2D eigenvalue weighted by Gasteiger charge is -2.20. The van der Waals surface area contributed by atoms with Crippen molar-refractivity contribution in [2.75, 3.05) is 6.54 Å². The number of amides is 1. The second-order valence-corrected chi connectivity index (χ2v) is 6.00. The van der Waals surface area contributed by atoms with Crippen LogP contribution in [-0.2, 0) is 6.42 Å². The molecule has 1 amide bonds. The number of carbonyl (C=O) groups excluding carboxylic acids is 1. The van der Waals surface area contributed by atoms with Crippen molar-refractivity contribution in [2.24, 2.45) is 0 Å². The van der Waals surface area contributed by atoms with Gasteiger partial charge in [0, 0.05) is 24.7 Å². The van der Waals surface area contributed by atoms with Gasteiger partial charge in [-0.25, -0.2) is 4.98 Å². The monoisotopic (exact) mass is 326 g/mol. The van der Waals surface area contributed by atoms with Gasteiger partial charge in [-0.05, 0) is 31.9 Å². The Morgan fingerprint density at radius 1 is 1.38 bits per heavy atom. The highest BCUT2D eigenvalue weighted by Crippen LogP contribution is 2.32. The average molecular weight is 326 g/mol. The molecule has 7 heteroatoms. The summed E-state index contributed by atoms with van der Waals surface area (Å²) in [6.07, 6.45) is 2.41. The van der Waals surface area contributed by atoms with Crippen LogP contribution in [0.1, 0.15) is 53.8 Å². The molecule has 3 aromatic heterocycles. The standard InChI is InChI=1S/C17H18N4O3/c1-3-15-19-16(20-24-15)12-5-4-8-21(12)17(22)14-9-11-13(23-14)7-6-10(2)18-11/h6-7,9,12H,3-5,8H2,1-2H3/t12-/m0/s1. The van der Waals surface area contributed by atoms with Gasteiger partial charge in [0.1, 0.15) is 5.52 Å². The van der Waals surface area contributed by atoms with E-state index in [2.05, 4.69) is 15.1 Å². The Labute approximate surface area is 138 Å². The lowest BCUT2D eigenvalue weighted by molar-refractivity contribution is 0.0698. The highest BCUT2D eigenvalue weighted by molar-refractivity contribution is 5.95. The van der Waals surface area contributed by atoms with E-state index in [4.69, 9.17) is 8.94 Å². The highest BCUT2D eigenvalue weighted by atomic mass is 16.5. The molecular formula is C17H18N4O3. The zero-order chi connectivity index (χ0) is 16.7. The maximum atomic E-state index is 12.9. The van der Waals surface area contributed by atoms with Crippen molar-refractivity contribution in [3.05, 3.63) is 41.4 Å². The highest BCUT2D eigenvalue weighted by Gasteiger charge is 2.35. The van der Waals surface area contributed by atoms with Crippen LogP contribution in [0.15, 0.2) is 27.1 Å². The van der Waals surface area contributed by atoms with Crippen LogP contribution in [0.4, 0.5) is 0 Å². The Balaban J connectivity index is 1.64. The minimum atomic E-state index is -0.163. The Hall–Kier alpha value is -2.70. The Morgan fingerprint density at radius 2 is 2.25 bits per heavy atom. The number of furan rings is 1. The molecular weight excluding hydrogens is 308 g/mol. The van der Waals surface area contributed by atoms with E-state index in [1.165, 1.54) is 0 Å². The van der Waals surface area contributed by atoms with Gasteiger partial charge >= 0.3 is 0 Å². The van der Waals surface area contributed by atoms with Crippen LogP contribution in [0.25, 0.3) is 11.1 Å². The molecule has 0 unspecified atom stereocenters. The topological polar surface area (TPSA) is 85.3 Å². The van der Waals surface area contributed by atoms with E-state index in [1.54, 1.807) is 11.0 Å². The molecule has 1 aliphatic rings. The van der Waals surface area contributed by atoms with Gasteiger partial charge in [-0.3, -0.25) is 4.79 Å². The van der Waals surface area contributed by atoms with Crippen LogP contribution in [0.3, 0.4) is 0 Å². The zero-order valence-electron chi connectivity index (χ0n) is 13.7. The maximum Gasteiger partial charge on any atom is 0.290 e. The summed E-state index contributed by atoms with van der Waals surface area (Å²) in [5.41, 5.74) is 2.20. The van der Waals surface area contributed by atoms with Crippen LogP contribution in [-0.4, -0.2) is 32.5 Å². The fourth-order valence-electron chi connectivity index (χ4n) is 3.10. The summed E-state index contributed by atoms with van der Waals surface area (Å²) in [5, 5.41) is 4.03. The summed E-state index contributed by atoms with van der Waals surface area (Å²) in [7, 11) is 0. The minimum Gasteiger partial charge on any atom is -0.449 e. The number of carbonyl (C=O) groups is 1. The number of fused-ring (bicyclic) bond motifs is 1. The van der Waals surface area contributed by atoms with Crippen molar-refractivity contribution in [1.82, 2.24) is 20.0 Å². The van der Waals surface area contributed by atoms with Gasteiger partial charge in [0.05, 0.1) is 6.04 Å². The molecule has 1 atom stereocenters. The third-order valence-corrected chi connectivity index (χ3v) is 4.32. The first-order valence-corrected chi connectivity index (χ1v) is 8.16. The first-order valence-electron chi connectivity index (χ1n) is 8.16. The minimum absolute atomic E-state index is 0.156. The van der Waals surface area contributed by atoms with Crippen molar-refractivity contribution in [2.45, 2.75) is 39.2 Å². The Morgan fingerprint density at radius 3 is 3.04 bits per heavy atom. The third kappa shape index (κ3) is 2.46. The lowest BCUT2D eigenvalue weighted by Crippen LogP contribution is -2.30. The number of hydrogen-bond donors (Lipinski definition) is 0. The molecule has 7 nitrogen and oxygen atoms in total. The van der Waals surface area contributed by atoms with Gasteiger partial charge in [-0.15, -0.1) is 0 Å². The maximum absolute atomic E-state index is 12.9. The fourth-order valence-corrected chi connectivity index (χ4v) is 3.10. The summed E-state index contributed by atoms with van der Waals surface area (Å²) in [4.78, 5) is 23.4. The summed E-state index contributed by atoms with van der Waals surface area (Å²) < 4.78 is 10.9. The summed E-state index contributed by atoms with van der Waals surface area (Å²) >= 11 is 0. The molecule has 0 saturated carbocycles. The molecule has 0 bridgehead atoms. The molecule has 1 fully saturated rings. The molecule has 124 valence electrons. The molecule has 4 heterocycles. The summed E-state index contributed by atoms with van der Waals surface area (Å²) in [6, 6.07) is 5.24. The largest absolute Gasteiger partial charge is 0.449 e. The number of aromatic nitrogens is 3. The van der Waals surface area contributed by atoms with Crippen LogP contribution >= 0.6 is 0 Å². The molecule has 3 aromatic rings. The number of rotatable bonds is 3. The van der Waals surface area contributed by atoms with Gasteiger partial charge in [-0.2, -0.15) is 4.98 Å². The number of hydrogen-bond acceptors (Lipinski definition) is 6. The van der Waals surface area contributed by atoms with Gasteiger partial charge in [-0.1, -0.05) is 12.1 Å². The van der Waals surface area contributed by atoms with Crippen LogP contribution in [0.5, 0.6) is 0 Å². The number of pyridine rings is 1. The van der Waals surface area contributed by atoms with Crippen LogP contribution in [0, 0.1) is 6.92 Å². The van der Waals surface area contributed by atoms with Crippen LogP contribution < -0.4 is 0 Å². The number of aryl methyl sites for hydroxylation is 2. The van der Waals surface area contributed by atoms with E-state index < -0.39 is 0 Å². The number of nitrogens with zero attached hydrogens (tertiary/aromatic N) is 4. The molecule has 0 spiro atoms. The first-order chi connectivity index (χ1) is 11.7. The quantitative estimate of drug-likeness (QED) is 0.735. The van der Waals surface area contributed by atoms with Crippen molar-refractivity contribution < 1.29 is 13.7 Å². The fraction of sp³-hybridized carbons (Fsp3) is 0.412. The van der Waals surface area contributed by atoms with Crippen molar-refractivity contribution >= 4 is 17.0 Å². The molecule has 0 aliphatic carbocycles. The van der Waals surface area contributed by atoms with E-state index in [0.29, 0.717) is 41.5 Å². The predicted molar refractivity (Wildman–Crippen MR) is 85.4 cm³/mol. The second kappa shape index (κ2) is 5.74. The van der Waals surface area contributed by atoms with Crippen molar-refractivity contribution in [3.63, 3.8) is 0 Å². The molecule has 24 heavy (non-hydrogen) atoms. The van der Waals surface area contributed by atoms with Gasteiger partial charge in [0.25, 0.3) is 5.91 Å².